The highest BCUT2D eigenvalue weighted by Gasteiger charge is 2.40. The molecule has 0 aromatic heterocycles. The van der Waals surface area contributed by atoms with Gasteiger partial charge in [-0.25, -0.2) is 0 Å². The van der Waals surface area contributed by atoms with Crippen LogP contribution in [0.1, 0.15) is 98.3 Å². The lowest BCUT2D eigenvalue weighted by Gasteiger charge is -2.42. The SMILES string of the molecule is CCCC/C=C\C[C@H]1C(C)C[C@@H](C)[C@@H]1CCCC(O)C1(C)CCC1. The van der Waals surface area contributed by atoms with Gasteiger partial charge < -0.3 is 5.11 Å². The molecular weight excluding hydrogens is 292 g/mol. The molecule has 0 aromatic carbocycles. The van der Waals surface area contributed by atoms with Gasteiger partial charge in [-0.1, -0.05) is 65.5 Å². The molecule has 0 radical (unpaired) electrons. The van der Waals surface area contributed by atoms with Gasteiger partial charge >= 0.3 is 0 Å². The molecule has 0 aliphatic heterocycles. The zero-order chi connectivity index (χ0) is 17.6. The van der Waals surface area contributed by atoms with Gasteiger partial charge in [0.2, 0.25) is 0 Å². The fourth-order valence-electron chi connectivity index (χ4n) is 5.34. The first-order valence-corrected chi connectivity index (χ1v) is 10.8. The molecule has 0 amide bonds. The van der Waals surface area contributed by atoms with Gasteiger partial charge in [0, 0.05) is 0 Å². The third kappa shape index (κ3) is 5.10. The van der Waals surface area contributed by atoms with Crippen LogP contribution in [0.2, 0.25) is 0 Å². The average Bonchev–Trinajstić information content (AvgIpc) is 2.78. The number of allylic oxidation sites excluding steroid dienone is 2. The number of aliphatic hydroxyl groups is 1. The lowest BCUT2D eigenvalue weighted by atomic mass is 9.65. The second kappa shape index (κ2) is 9.41. The van der Waals surface area contributed by atoms with E-state index in [1.54, 1.807) is 0 Å². The number of hydrogen-bond acceptors (Lipinski definition) is 1. The van der Waals surface area contributed by atoms with E-state index in [9.17, 15) is 5.11 Å². The first kappa shape index (κ1) is 20.0. The van der Waals surface area contributed by atoms with Gasteiger partial charge in [0.25, 0.3) is 0 Å². The van der Waals surface area contributed by atoms with Crippen molar-refractivity contribution >= 4 is 0 Å². The van der Waals surface area contributed by atoms with Crippen LogP contribution in [-0.4, -0.2) is 11.2 Å². The molecule has 0 aromatic rings. The summed E-state index contributed by atoms with van der Waals surface area (Å²) in [7, 11) is 0. The van der Waals surface area contributed by atoms with Gasteiger partial charge in [-0.15, -0.1) is 0 Å². The number of rotatable bonds is 10. The van der Waals surface area contributed by atoms with Crippen LogP contribution in [0.25, 0.3) is 0 Å². The van der Waals surface area contributed by atoms with E-state index in [1.807, 2.05) is 0 Å². The monoisotopic (exact) mass is 334 g/mol. The molecule has 5 atom stereocenters. The molecule has 2 fully saturated rings. The first-order valence-electron chi connectivity index (χ1n) is 10.8. The molecule has 0 bridgehead atoms. The zero-order valence-electron chi connectivity index (χ0n) is 16.8. The molecule has 2 aliphatic carbocycles. The summed E-state index contributed by atoms with van der Waals surface area (Å²) >= 11 is 0. The van der Waals surface area contributed by atoms with E-state index in [4.69, 9.17) is 0 Å². The molecule has 0 saturated heterocycles. The Kier molecular flexibility index (Phi) is 7.85. The van der Waals surface area contributed by atoms with E-state index in [1.165, 1.54) is 64.2 Å². The second-order valence-electron chi connectivity index (χ2n) is 9.32. The molecule has 0 heterocycles. The van der Waals surface area contributed by atoms with E-state index in [0.29, 0.717) is 0 Å². The summed E-state index contributed by atoms with van der Waals surface area (Å²) in [6.45, 7) is 9.48. The van der Waals surface area contributed by atoms with Crippen LogP contribution in [0.4, 0.5) is 0 Å². The van der Waals surface area contributed by atoms with Crippen molar-refractivity contribution in [2.24, 2.45) is 29.1 Å². The van der Waals surface area contributed by atoms with Crippen molar-refractivity contribution in [2.75, 3.05) is 0 Å². The van der Waals surface area contributed by atoms with Gasteiger partial charge in [-0.2, -0.15) is 0 Å². The standard InChI is InChI=1S/C23H42O/c1-5-6-7-8-9-12-20-18(2)17-19(3)21(20)13-10-14-22(24)23(4)15-11-16-23/h8-9,18-22,24H,5-7,10-17H2,1-4H3/b9-8-/t18?,19-,20+,21+,22?/m1/s1. The lowest BCUT2D eigenvalue weighted by molar-refractivity contribution is -0.0269. The van der Waals surface area contributed by atoms with Crippen molar-refractivity contribution < 1.29 is 5.11 Å². The van der Waals surface area contributed by atoms with Gasteiger partial charge in [0.1, 0.15) is 0 Å². The number of unbranched alkanes of at least 4 members (excludes halogenated alkanes) is 2. The summed E-state index contributed by atoms with van der Waals surface area (Å²) in [4.78, 5) is 0. The molecule has 1 nitrogen and oxygen atoms in total. The van der Waals surface area contributed by atoms with Gasteiger partial charge in [0.05, 0.1) is 6.10 Å². The van der Waals surface area contributed by atoms with E-state index < -0.39 is 0 Å². The summed E-state index contributed by atoms with van der Waals surface area (Å²) in [6.07, 6.45) is 18.7. The smallest absolute Gasteiger partial charge is 0.0593 e. The molecule has 2 saturated carbocycles. The maximum atomic E-state index is 10.5. The molecule has 1 N–H and O–H groups in total. The Labute approximate surface area is 151 Å². The molecule has 2 aliphatic rings. The van der Waals surface area contributed by atoms with Crippen molar-refractivity contribution in [3.63, 3.8) is 0 Å². The number of hydrogen-bond donors (Lipinski definition) is 1. The Morgan fingerprint density at radius 3 is 2.42 bits per heavy atom. The largest absolute Gasteiger partial charge is 0.393 e. The zero-order valence-corrected chi connectivity index (χ0v) is 16.8. The maximum Gasteiger partial charge on any atom is 0.0593 e. The van der Waals surface area contributed by atoms with Crippen LogP contribution >= 0.6 is 0 Å². The highest BCUT2D eigenvalue weighted by atomic mass is 16.3. The molecule has 1 heteroatoms. The summed E-state index contributed by atoms with van der Waals surface area (Å²) in [5.74, 6) is 3.48. The molecule has 140 valence electrons. The minimum atomic E-state index is -0.0622. The highest BCUT2D eigenvalue weighted by Crippen LogP contribution is 2.47. The third-order valence-electron chi connectivity index (χ3n) is 7.37. The predicted octanol–water partition coefficient (Wildman–Crippen LogP) is 6.75. The molecule has 2 rings (SSSR count). The van der Waals surface area contributed by atoms with Crippen LogP contribution in [0.15, 0.2) is 12.2 Å². The van der Waals surface area contributed by atoms with Gasteiger partial charge in [-0.3, -0.25) is 0 Å². The summed E-state index contributed by atoms with van der Waals surface area (Å²) in [6, 6.07) is 0. The topological polar surface area (TPSA) is 20.2 Å². The van der Waals surface area contributed by atoms with Crippen molar-refractivity contribution in [3.05, 3.63) is 12.2 Å². The van der Waals surface area contributed by atoms with E-state index in [-0.39, 0.29) is 11.5 Å². The maximum absolute atomic E-state index is 10.5. The quantitative estimate of drug-likeness (QED) is 0.346. The Bertz CT molecular complexity index is 381. The van der Waals surface area contributed by atoms with Crippen molar-refractivity contribution in [1.82, 2.24) is 0 Å². The van der Waals surface area contributed by atoms with E-state index in [2.05, 4.69) is 39.8 Å². The number of aliphatic hydroxyl groups excluding tert-OH is 1. The van der Waals surface area contributed by atoms with E-state index in [0.717, 1.165) is 30.1 Å². The summed E-state index contributed by atoms with van der Waals surface area (Å²) < 4.78 is 0. The Morgan fingerprint density at radius 1 is 1.08 bits per heavy atom. The van der Waals surface area contributed by atoms with Crippen molar-refractivity contribution in [3.8, 4) is 0 Å². The minimum absolute atomic E-state index is 0.0622. The highest BCUT2D eigenvalue weighted by molar-refractivity contribution is 4.94. The molecule has 2 unspecified atom stereocenters. The molecule has 0 spiro atoms. The summed E-state index contributed by atoms with van der Waals surface area (Å²) in [5, 5.41) is 10.5. The first-order chi connectivity index (χ1) is 11.5. The van der Waals surface area contributed by atoms with Crippen molar-refractivity contribution in [2.45, 2.75) is 104 Å². The van der Waals surface area contributed by atoms with Crippen LogP contribution in [-0.2, 0) is 0 Å². The van der Waals surface area contributed by atoms with Crippen LogP contribution in [0.3, 0.4) is 0 Å². The second-order valence-corrected chi connectivity index (χ2v) is 9.32. The third-order valence-corrected chi connectivity index (χ3v) is 7.37. The van der Waals surface area contributed by atoms with Gasteiger partial charge in [-0.05, 0) is 74.0 Å². The fraction of sp³-hybridized carbons (Fsp3) is 0.913. The van der Waals surface area contributed by atoms with Crippen LogP contribution < -0.4 is 0 Å². The minimum Gasteiger partial charge on any atom is -0.393 e. The fourth-order valence-corrected chi connectivity index (χ4v) is 5.34. The normalized spacial score (nSPS) is 33.7. The molecule has 24 heavy (non-hydrogen) atoms. The lowest BCUT2D eigenvalue weighted by Crippen LogP contribution is -2.38. The van der Waals surface area contributed by atoms with Gasteiger partial charge in [0.15, 0.2) is 0 Å². The van der Waals surface area contributed by atoms with Crippen LogP contribution in [0.5, 0.6) is 0 Å². The predicted molar refractivity (Wildman–Crippen MR) is 105 cm³/mol. The average molecular weight is 335 g/mol. The van der Waals surface area contributed by atoms with E-state index >= 15 is 0 Å². The van der Waals surface area contributed by atoms with Crippen LogP contribution in [0, 0.1) is 29.1 Å². The Morgan fingerprint density at radius 2 is 1.79 bits per heavy atom. The molecular formula is C23H42O. The van der Waals surface area contributed by atoms with Crippen molar-refractivity contribution in [1.29, 1.82) is 0 Å². The Balaban J connectivity index is 1.76. The Hall–Kier alpha value is -0.300. The summed E-state index contributed by atoms with van der Waals surface area (Å²) in [5.41, 5.74) is 0.246.